The van der Waals surface area contributed by atoms with E-state index >= 15 is 0 Å². The summed E-state index contributed by atoms with van der Waals surface area (Å²) in [6.07, 6.45) is 0. The highest BCUT2D eigenvalue weighted by molar-refractivity contribution is 6.05. The molecule has 1 aromatic heterocycles. The van der Waals surface area contributed by atoms with Crippen LogP contribution in [0.3, 0.4) is 0 Å². The van der Waals surface area contributed by atoms with Gasteiger partial charge in [0.15, 0.2) is 0 Å². The number of aromatic nitrogens is 2. The Bertz CT molecular complexity index is 569. The molecule has 100 valence electrons. The van der Waals surface area contributed by atoms with Crippen LogP contribution in [0.1, 0.15) is 27.3 Å². The van der Waals surface area contributed by atoms with Crippen LogP contribution in [0, 0.1) is 13.8 Å². The van der Waals surface area contributed by atoms with Crippen molar-refractivity contribution in [1.82, 2.24) is 15.5 Å². The summed E-state index contributed by atoms with van der Waals surface area (Å²) < 4.78 is 0. The largest absolute Gasteiger partial charge is 0.322 e. The van der Waals surface area contributed by atoms with Crippen molar-refractivity contribution in [1.29, 1.82) is 0 Å². The van der Waals surface area contributed by atoms with Crippen molar-refractivity contribution in [2.24, 2.45) is 0 Å². The average molecular weight is 258 g/mol. The van der Waals surface area contributed by atoms with Gasteiger partial charge in [-0.05, 0) is 38.6 Å². The summed E-state index contributed by atoms with van der Waals surface area (Å²) in [6, 6.07) is 7.78. The first-order valence-electron chi connectivity index (χ1n) is 6.18. The average Bonchev–Trinajstić information content (AvgIpc) is 2.70. The first-order chi connectivity index (χ1) is 9.11. The molecule has 3 N–H and O–H groups in total. The number of nitrogens with one attached hydrogen (secondary N) is 3. The van der Waals surface area contributed by atoms with Crippen LogP contribution in [-0.2, 0) is 6.54 Å². The monoisotopic (exact) mass is 258 g/mol. The summed E-state index contributed by atoms with van der Waals surface area (Å²) in [6.45, 7) is 4.43. The molecular weight excluding hydrogens is 240 g/mol. The number of amides is 1. The zero-order valence-corrected chi connectivity index (χ0v) is 11.4. The van der Waals surface area contributed by atoms with Crippen LogP contribution in [0.15, 0.2) is 24.3 Å². The summed E-state index contributed by atoms with van der Waals surface area (Å²) >= 11 is 0. The predicted molar refractivity (Wildman–Crippen MR) is 75.2 cm³/mol. The standard InChI is InChI=1S/C14H18N4O/c1-9-13(10(2)18-17-9)14(19)16-12-6-4-5-11(7-12)8-15-3/h4-7,15H,8H2,1-3H3,(H,16,19)(H,17,18). The maximum atomic E-state index is 12.2. The Morgan fingerprint density at radius 2 is 2.16 bits per heavy atom. The molecule has 1 heterocycles. The van der Waals surface area contributed by atoms with Crippen molar-refractivity contribution in [3.63, 3.8) is 0 Å². The summed E-state index contributed by atoms with van der Waals surface area (Å²) in [4.78, 5) is 12.2. The van der Waals surface area contributed by atoms with Crippen molar-refractivity contribution in [2.75, 3.05) is 12.4 Å². The molecule has 0 aliphatic rings. The van der Waals surface area contributed by atoms with Gasteiger partial charge in [0.25, 0.3) is 5.91 Å². The lowest BCUT2D eigenvalue weighted by Gasteiger charge is -2.07. The maximum Gasteiger partial charge on any atom is 0.259 e. The van der Waals surface area contributed by atoms with E-state index in [1.165, 1.54) is 0 Å². The molecule has 0 radical (unpaired) electrons. The van der Waals surface area contributed by atoms with Gasteiger partial charge >= 0.3 is 0 Å². The number of anilines is 1. The van der Waals surface area contributed by atoms with Gasteiger partial charge in [-0.25, -0.2) is 0 Å². The lowest BCUT2D eigenvalue weighted by atomic mass is 10.1. The zero-order chi connectivity index (χ0) is 13.8. The number of H-pyrrole nitrogens is 1. The maximum absolute atomic E-state index is 12.2. The lowest BCUT2D eigenvalue weighted by molar-refractivity contribution is 0.102. The van der Waals surface area contributed by atoms with Gasteiger partial charge in [-0.15, -0.1) is 0 Å². The summed E-state index contributed by atoms with van der Waals surface area (Å²) in [5.41, 5.74) is 4.01. The highest BCUT2D eigenvalue weighted by Crippen LogP contribution is 2.15. The third kappa shape index (κ3) is 3.00. The minimum absolute atomic E-state index is 0.134. The lowest BCUT2D eigenvalue weighted by Crippen LogP contribution is -2.14. The van der Waals surface area contributed by atoms with Crippen LogP contribution in [0.5, 0.6) is 0 Å². The number of aromatic amines is 1. The Balaban J connectivity index is 2.17. The topological polar surface area (TPSA) is 69.8 Å². The quantitative estimate of drug-likeness (QED) is 0.785. The normalized spacial score (nSPS) is 10.5. The number of hydrogen-bond acceptors (Lipinski definition) is 3. The fraction of sp³-hybridized carbons (Fsp3) is 0.286. The molecule has 0 unspecified atom stereocenters. The van der Waals surface area contributed by atoms with Crippen LogP contribution >= 0.6 is 0 Å². The Labute approximate surface area is 112 Å². The van der Waals surface area contributed by atoms with Gasteiger partial charge in [0.2, 0.25) is 0 Å². The number of carbonyl (C=O) groups excluding carboxylic acids is 1. The SMILES string of the molecule is CNCc1cccc(NC(=O)c2c(C)n[nH]c2C)c1. The van der Waals surface area contributed by atoms with Gasteiger partial charge in [0.1, 0.15) is 0 Å². The third-order valence-electron chi connectivity index (χ3n) is 2.92. The molecule has 0 aliphatic carbocycles. The van der Waals surface area contributed by atoms with E-state index in [0.717, 1.165) is 23.5 Å². The first kappa shape index (κ1) is 13.3. The number of aryl methyl sites for hydroxylation is 2. The van der Waals surface area contributed by atoms with Crippen molar-refractivity contribution < 1.29 is 4.79 Å². The summed E-state index contributed by atoms with van der Waals surface area (Å²) in [7, 11) is 1.89. The highest BCUT2D eigenvalue weighted by Gasteiger charge is 2.15. The molecule has 5 nitrogen and oxygen atoms in total. The molecule has 0 aliphatic heterocycles. The van der Waals surface area contributed by atoms with Crippen LogP contribution in [-0.4, -0.2) is 23.2 Å². The molecule has 19 heavy (non-hydrogen) atoms. The Morgan fingerprint density at radius 1 is 1.37 bits per heavy atom. The first-order valence-corrected chi connectivity index (χ1v) is 6.18. The minimum atomic E-state index is -0.134. The number of nitrogens with zero attached hydrogens (tertiary/aromatic N) is 1. The summed E-state index contributed by atoms with van der Waals surface area (Å²) in [5, 5.41) is 12.8. The number of benzene rings is 1. The van der Waals surface area contributed by atoms with Gasteiger partial charge in [0, 0.05) is 17.9 Å². The second kappa shape index (κ2) is 5.67. The van der Waals surface area contributed by atoms with E-state index in [0.29, 0.717) is 11.3 Å². The molecule has 2 rings (SSSR count). The van der Waals surface area contributed by atoms with Crippen LogP contribution < -0.4 is 10.6 Å². The Morgan fingerprint density at radius 3 is 2.79 bits per heavy atom. The molecule has 1 amide bonds. The van der Waals surface area contributed by atoms with E-state index in [2.05, 4.69) is 20.8 Å². The zero-order valence-electron chi connectivity index (χ0n) is 11.4. The number of rotatable bonds is 4. The molecule has 0 saturated carbocycles. The molecule has 5 heteroatoms. The van der Waals surface area contributed by atoms with E-state index in [1.54, 1.807) is 0 Å². The van der Waals surface area contributed by atoms with Crippen molar-refractivity contribution in [3.05, 3.63) is 46.8 Å². The number of carbonyl (C=O) groups is 1. The van der Waals surface area contributed by atoms with Crippen molar-refractivity contribution >= 4 is 11.6 Å². The minimum Gasteiger partial charge on any atom is -0.322 e. The van der Waals surface area contributed by atoms with E-state index in [9.17, 15) is 4.79 Å². The molecule has 0 fully saturated rings. The molecule has 1 aromatic carbocycles. The second-order valence-corrected chi connectivity index (χ2v) is 4.49. The van der Waals surface area contributed by atoms with E-state index in [1.807, 2.05) is 45.2 Å². The van der Waals surface area contributed by atoms with Crippen LogP contribution in [0.25, 0.3) is 0 Å². The van der Waals surface area contributed by atoms with Crippen molar-refractivity contribution in [2.45, 2.75) is 20.4 Å². The van der Waals surface area contributed by atoms with Crippen molar-refractivity contribution in [3.8, 4) is 0 Å². The van der Waals surface area contributed by atoms with Gasteiger partial charge in [-0.2, -0.15) is 5.10 Å². The van der Waals surface area contributed by atoms with Gasteiger partial charge in [0.05, 0.1) is 11.3 Å². The Hall–Kier alpha value is -2.14. The molecule has 0 atom stereocenters. The molecule has 0 spiro atoms. The van der Waals surface area contributed by atoms with Gasteiger partial charge < -0.3 is 10.6 Å². The molecule has 0 saturated heterocycles. The summed E-state index contributed by atoms with van der Waals surface area (Å²) in [5.74, 6) is -0.134. The fourth-order valence-electron chi connectivity index (χ4n) is 2.04. The second-order valence-electron chi connectivity index (χ2n) is 4.49. The van der Waals surface area contributed by atoms with E-state index in [4.69, 9.17) is 0 Å². The highest BCUT2D eigenvalue weighted by atomic mass is 16.1. The molecule has 2 aromatic rings. The van der Waals surface area contributed by atoms with Crippen LogP contribution in [0.4, 0.5) is 5.69 Å². The van der Waals surface area contributed by atoms with Gasteiger partial charge in [-0.3, -0.25) is 9.89 Å². The molecule has 0 bridgehead atoms. The number of hydrogen-bond donors (Lipinski definition) is 3. The fourth-order valence-corrected chi connectivity index (χ4v) is 2.04. The Kier molecular flexibility index (Phi) is 3.97. The van der Waals surface area contributed by atoms with Gasteiger partial charge in [-0.1, -0.05) is 12.1 Å². The van der Waals surface area contributed by atoms with E-state index in [-0.39, 0.29) is 5.91 Å². The smallest absolute Gasteiger partial charge is 0.259 e. The predicted octanol–water partition coefficient (Wildman–Crippen LogP) is 2.00. The third-order valence-corrected chi connectivity index (χ3v) is 2.92. The van der Waals surface area contributed by atoms with E-state index < -0.39 is 0 Å². The van der Waals surface area contributed by atoms with Crippen LogP contribution in [0.2, 0.25) is 0 Å². The molecular formula is C14H18N4O.